The van der Waals surface area contributed by atoms with Crippen molar-refractivity contribution in [3.63, 3.8) is 0 Å². The van der Waals surface area contributed by atoms with Gasteiger partial charge in [0.1, 0.15) is 11.5 Å². The molecule has 0 amide bonds. The van der Waals surface area contributed by atoms with E-state index < -0.39 is 0 Å². The van der Waals surface area contributed by atoms with E-state index in [0.717, 1.165) is 30.5 Å². The number of unbranched alkanes of at least 4 members (excludes halogenated alkanes) is 1. The normalized spacial score (nSPS) is 14.3. The Kier molecular flexibility index (Phi) is 5.01. The van der Waals surface area contributed by atoms with E-state index in [-0.39, 0.29) is 0 Å². The first kappa shape index (κ1) is 13.4. The number of rotatable bonds is 6. The van der Waals surface area contributed by atoms with Gasteiger partial charge < -0.3 is 4.74 Å². The first-order valence-electron chi connectivity index (χ1n) is 6.70. The second kappa shape index (κ2) is 6.75. The molecule has 0 aliphatic heterocycles. The van der Waals surface area contributed by atoms with E-state index in [4.69, 9.17) is 4.74 Å². The van der Waals surface area contributed by atoms with E-state index in [0.29, 0.717) is 0 Å². The van der Waals surface area contributed by atoms with Crippen LogP contribution >= 0.6 is 9.24 Å². The quantitative estimate of drug-likeness (QED) is 0.665. The second-order valence-electron chi connectivity index (χ2n) is 4.59. The lowest BCUT2D eigenvalue weighted by molar-refractivity contribution is 0.432. The minimum atomic E-state index is 0.950. The lowest BCUT2D eigenvalue weighted by Gasteiger charge is -2.11. The molecule has 1 unspecified atom stereocenters. The Balaban J connectivity index is 2.02. The third-order valence-corrected chi connectivity index (χ3v) is 3.62. The molecule has 0 heterocycles. The van der Waals surface area contributed by atoms with Crippen molar-refractivity contribution >= 4 is 9.24 Å². The average Bonchev–Trinajstić information content (AvgIpc) is 2.84. The van der Waals surface area contributed by atoms with Crippen molar-refractivity contribution in [2.24, 2.45) is 0 Å². The summed E-state index contributed by atoms with van der Waals surface area (Å²) in [4.78, 5) is 0. The van der Waals surface area contributed by atoms with E-state index in [1.165, 1.54) is 24.0 Å². The van der Waals surface area contributed by atoms with Crippen molar-refractivity contribution < 1.29 is 4.74 Å². The van der Waals surface area contributed by atoms with Gasteiger partial charge >= 0.3 is 0 Å². The fourth-order valence-electron chi connectivity index (χ4n) is 2.10. The molecule has 1 aromatic rings. The number of hydrogen-bond donors (Lipinski definition) is 0. The molecule has 18 heavy (non-hydrogen) atoms. The second-order valence-corrected chi connectivity index (χ2v) is 5.00. The predicted octanol–water partition coefficient (Wildman–Crippen LogP) is 4.84. The van der Waals surface area contributed by atoms with Crippen LogP contribution in [0.25, 0.3) is 0 Å². The van der Waals surface area contributed by atoms with Crippen LogP contribution in [-0.4, -0.2) is 0 Å². The van der Waals surface area contributed by atoms with Gasteiger partial charge in [-0.3, -0.25) is 0 Å². The van der Waals surface area contributed by atoms with Crippen LogP contribution in [0.3, 0.4) is 0 Å². The summed E-state index contributed by atoms with van der Waals surface area (Å²) in [5.41, 5.74) is 2.66. The van der Waals surface area contributed by atoms with E-state index in [2.05, 4.69) is 46.5 Å². The zero-order valence-corrected chi connectivity index (χ0v) is 12.1. The Labute approximate surface area is 112 Å². The van der Waals surface area contributed by atoms with Gasteiger partial charge in [-0.15, -0.1) is 9.24 Å². The molecule has 96 valence electrons. The Morgan fingerprint density at radius 3 is 2.94 bits per heavy atom. The molecule has 0 fully saturated rings. The summed E-state index contributed by atoms with van der Waals surface area (Å²) >= 11 is 0. The van der Waals surface area contributed by atoms with Gasteiger partial charge in [-0.25, -0.2) is 0 Å². The standard InChI is InChI=1S/C16H21OP/c1-2-3-7-14-8-5-10-16(14)17-15-9-4-6-13(11-15)12-18/h4,6,8-11H,2-3,5,7,12,18H2,1H3. The molecule has 2 heteroatoms. The third kappa shape index (κ3) is 3.46. The first-order valence-corrected chi connectivity index (χ1v) is 7.51. The van der Waals surface area contributed by atoms with Crippen LogP contribution in [0.5, 0.6) is 5.75 Å². The highest BCUT2D eigenvalue weighted by Crippen LogP contribution is 2.27. The molecular formula is C16H21OP. The van der Waals surface area contributed by atoms with E-state index >= 15 is 0 Å². The van der Waals surface area contributed by atoms with E-state index in [9.17, 15) is 0 Å². The molecular weight excluding hydrogens is 239 g/mol. The maximum absolute atomic E-state index is 6.01. The van der Waals surface area contributed by atoms with Crippen molar-refractivity contribution in [2.45, 2.75) is 38.8 Å². The zero-order chi connectivity index (χ0) is 12.8. The summed E-state index contributed by atoms with van der Waals surface area (Å²) in [5.74, 6) is 2.01. The minimum Gasteiger partial charge on any atom is -0.457 e. The number of ether oxygens (including phenoxy) is 1. The third-order valence-electron chi connectivity index (χ3n) is 3.15. The summed E-state index contributed by atoms with van der Waals surface area (Å²) in [6.45, 7) is 2.22. The van der Waals surface area contributed by atoms with Crippen LogP contribution in [-0.2, 0) is 6.16 Å². The van der Waals surface area contributed by atoms with Crippen LogP contribution in [0, 0.1) is 0 Å². The monoisotopic (exact) mass is 260 g/mol. The Morgan fingerprint density at radius 2 is 2.17 bits per heavy atom. The molecule has 0 saturated heterocycles. The molecule has 1 aliphatic carbocycles. The molecule has 0 spiro atoms. The summed E-state index contributed by atoms with van der Waals surface area (Å²) in [6.07, 6.45) is 10.0. The van der Waals surface area contributed by atoms with Crippen LogP contribution in [0.4, 0.5) is 0 Å². The predicted molar refractivity (Wildman–Crippen MR) is 80.8 cm³/mol. The molecule has 0 aromatic heterocycles. The minimum absolute atomic E-state index is 0.950. The average molecular weight is 260 g/mol. The van der Waals surface area contributed by atoms with Crippen molar-refractivity contribution in [1.29, 1.82) is 0 Å². The fourth-order valence-corrected chi connectivity index (χ4v) is 2.36. The van der Waals surface area contributed by atoms with Crippen LogP contribution in [0.1, 0.15) is 38.2 Å². The van der Waals surface area contributed by atoms with Gasteiger partial charge in [-0.05, 0) is 54.8 Å². The lowest BCUT2D eigenvalue weighted by atomic mass is 10.1. The smallest absolute Gasteiger partial charge is 0.127 e. The van der Waals surface area contributed by atoms with Crippen LogP contribution in [0.15, 0.2) is 47.7 Å². The Hall–Kier alpha value is -1.07. The first-order chi connectivity index (χ1) is 8.83. The molecule has 1 aromatic carbocycles. The number of hydrogen-bond acceptors (Lipinski definition) is 1. The number of benzene rings is 1. The molecule has 0 saturated carbocycles. The van der Waals surface area contributed by atoms with Gasteiger partial charge in [-0.1, -0.05) is 31.6 Å². The maximum atomic E-state index is 6.01. The molecule has 0 bridgehead atoms. The Bertz CT molecular complexity index is 460. The molecule has 0 radical (unpaired) electrons. The van der Waals surface area contributed by atoms with Gasteiger partial charge in [0, 0.05) is 0 Å². The summed E-state index contributed by atoms with van der Waals surface area (Å²) < 4.78 is 6.01. The molecule has 1 atom stereocenters. The largest absolute Gasteiger partial charge is 0.457 e. The SMILES string of the molecule is CCCCC1=CCC=C1Oc1cccc(CP)c1. The highest BCUT2D eigenvalue weighted by Gasteiger charge is 2.11. The van der Waals surface area contributed by atoms with Gasteiger partial charge in [0.2, 0.25) is 0 Å². The van der Waals surface area contributed by atoms with Crippen molar-refractivity contribution in [1.82, 2.24) is 0 Å². The lowest BCUT2D eigenvalue weighted by Crippen LogP contribution is -1.97. The van der Waals surface area contributed by atoms with E-state index in [1.54, 1.807) is 0 Å². The number of allylic oxidation sites excluding steroid dienone is 3. The molecule has 1 nitrogen and oxygen atoms in total. The van der Waals surface area contributed by atoms with Crippen molar-refractivity contribution in [2.75, 3.05) is 0 Å². The van der Waals surface area contributed by atoms with Gasteiger partial charge in [0.05, 0.1) is 0 Å². The van der Waals surface area contributed by atoms with Crippen LogP contribution < -0.4 is 4.74 Å². The molecule has 0 N–H and O–H groups in total. The summed E-state index contributed by atoms with van der Waals surface area (Å²) in [7, 11) is 2.75. The highest BCUT2D eigenvalue weighted by atomic mass is 31.0. The topological polar surface area (TPSA) is 9.23 Å². The molecule has 1 aliphatic rings. The van der Waals surface area contributed by atoms with Gasteiger partial charge in [0.25, 0.3) is 0 Å². The van der Waals surface area contributed by atoms with Gasteiger partial charge in [0.15, 0.2) is 0 Å². The molecule has 2 rings (SSSR count). The summed E-state index contributed by atoms with van der Waals surface area (Å²) in [5, 5.41) is 0. The highest BCUT2D eigenvalue weighted by molar-refractivity contribution is 7.15. The maximum Gasteiger partial charge on any atom is 0.127 e. The van der Waals surface area contributed by atoms with Crippen molar-refractivity contribution in [3.8, 4) is 5.75 Å². The Morgan fingerprint density at radius 1 is 1.28 bits per heavy atom. The summed E-state index contributed by atoms with van der Waals surface area (Å²) in [6, 6.07) is 8.32. The van der Waals surface area contributed by atoms with Crippen molar-refractivity contribution in [3.05, 3.63) is 53.3 Å². The van der Waals surface area contributed by atoms with Gasteiger partial charge in [-0.2, -0.15) is 0 Å². The van der Waals surface area contributed by atoms with Crippen LogP contribution in [0.2, 0.25) is 0 Å². The fraction of sp³-hybridized carbons (Fsp3) is 0.375. The van der Waals surface area contributed by atoms with E-state index in [1.807, 2.05) is 6.07 Å². The zero-order valence-electron chi connectivity index (χ0n) is 11.0.